The molecule has 0 radical (unpaired) electrons. The summed E-state index contributed by atoms with van der Waals surface area (Å²) in [6, 6.07) is 9.56. The van der Waals surface area contributed by atoms with Crippen molar-refractivity contribution in [3.63, 3.8) is 0 Å². The molecule has 7 nitrogen and oxygen atoms in total. The van der Waals surface area contributed by atoms with Crippen molar-refractivity contribution in [3.8, 4) is 0 Å². The van der Waals surface area contributed by atoms with Crippen molar-refractivity contribution in [1.29, 1.82) is 0 Å². The van der Waals surface area contributed by atoms with E-state index in [4.69, 9.17) is 5.11 Å². The Morgan fingerprint density at radius 1 is 1.38 bits per heavy atom. The van der Waals surface area contributed by atoms with Gasteiger partial charge < -0.3 is 5.11 Å². The second-order valence-electron chi connectivity index (χ2n) is 4.54. The number of benzene rings is 1. The monoisotopic (exact) mass is 309 g/mol. The third kappa shape index (κ3) is 3.82. The molecule has 2 aromatic rings. The summed E-state index contributed by atoms with van der Waals surface area (Å²) in [6.07, 6.45) is 2.86. The number of nitrogens with one attached hydrogen (secondary N) is 1. The lowest BCUT2D eigenvalue weighted by molar-refractivity contribution is -0.136. The molecule has 0 fully saturated rings. The Labute approximate surface area is 122 Å². The molecule has 1 unspecified atom stereocenters. The Balaban J connectivity index is 2.09. The fourth-order valence-electron chi connectivity index (χ4n) is 1.66. The topological polar surface area (TPSA) is 101 Å². The summed E-state index contributed by atoms with van der Waals surface area (Å²) < 4.78 is 27.3. The predicted octanol–water partition coefficient (Wildman–Crippen LogP) is 1.15. The van der Waals surface area contributed by atoms with Gasteiger partial charge in [0.25, 0.3) is 0 Å². The molecule has 0 saturated heterocycles. The number of aromatic nitrogens is 2. The Hall–Kier alpha value is -2.35. The van der Waals surface area contributed by atoms with Gasteiger partial charge in [-0.3, -0.25) is 14.2 Å². The van der Waals surface area contributed by atoms with Gasteiger partial charge in [-0.15, -0.1) is 0 Å². The average Bonchev–Trinajstić information content (AvgIpc) is 2.85. The van der Waals surface area contributed by atoms with Crippen LogP contribution in [0.25, 0.3) is 0 Å². The summed E-state index contributed by atoms with van der Waals surface area (Å²) in [5.41, 5.74) is 1.26. The normalized spacial score (nSPS) is 12.8. The molecule has 21 heavy (non-hydrogen) atoms. The largest absolute Gasteiger partial charge is 0.480 e. The highest BCUT2D eigenvalue weighted by molar-refractivity contribution is 7.94. The molecular weight excluding hydrogens is 294 g/mol. The van der Waals surface area contributed by atoms with E-state index in [9.17, 15) is 13.2 Å². The summed E-state index contributed by atoms with van der Waals surface area (Å²) in [6.45, 7) is 1.61. The zero-order valence-corrected chi connectivity index (χ0v) is 12.1. The van der Waals surface area contributed by atoms with E-state index < -0.39 is 21.2 Å². The molecule has 0 bridgehead atoms. The highest BCUT2D eigenvalue weighted by Gasteiger charge is 2.27. The van der Waals surface area contributed by atoms with Gasteiger partial charge in [0.15, 0.2) is 5.25 Å². The van der Waals surface area contributed by atoms with Gasteiger partial charge in [-0.1, -0.05) is 30.3 Å². The molecule has 2 rings (SSSR count). The minimum absolute atomic E-state index is 0.235. The van der Waals surface area contributed by atoms with Crippen molar-refractivity contribution in [2.45, 2.75) is 18.7 Å². The molecule has 0 aliphatic rings. The summed E-state index contributed by atoms with van der Waals surface area (Å²) in [5, 5.41) is 11.3. The molecule has 1 atom stereocenters. The maximum absolute atomic E-state index is 11.8. The van der Waals surface area contributed by atoms with Crippen LogP contribution in [-0.4, -0.2) is 34.5 Å². The van der Waals surface area contributed by atoms with Gasteiger partial charge in [-0.2, -0.15) is 5.10 Å². The number of hydrogen-bond donors (Lipinski definition) is 2. The highest BCUT2D eigenvalue weighted by Crippen LogP contribution is 2.12. The second-order valence-corrected chi connectivity index (χ2v) is 6.54. The number of carboxylic acids is 1. The van der Waals surface area contributed by atoms with Gasteiger partial charge in [0.2, 0.25) is 10.0 Å². The van der Waals surface area contributed by atoms with Crippen molar-refractivity contribution in [2.24, 2.45) is 0 Å². The second kappa shape index (κ2) is 5.96. The van der Waals surface area contributed by atoms with Gasteiger partial charge in [0.05, 0.1) is 18.4 Å². The van der Waals surface area contributed by atoms with Crippen molar-refractivity contribution in [1.82, 2.24) is 9.78 Å². The van der Waals surface area contributed by atoms with Crippen LogP contribution in [0.3, 0.4) is 0 Å². The van der Waals surface area contributed by atoms with E-state index in [1.807, 2.05) is 30.3 Å². The van der Waals surface area contributed by atoms with E-state index in [0.29, 0.717) is 6.54 Å². The number of anilines is 1. The minimum atomic E-state index is -3.97. The molecule has 0 amide bonds. The van der Waals surface area contributed by atoms with Crippen molar-refractivity contribution in [2.75, 3.05) is 4.72 Å². The summed E-state index contributed by atoms with van der Waals surface area (Å²) in [5.74, 6) is -1.40. The molecule has 112 valence electrons. The number of carbonyl (C=O) groups is 1. The number of carboxylic acid groups (broad SMARTS) is 1. The van der Waals surface area contributed by atoms with E-state index in [2.05, 4.69) is 9.82 Å². The fourth-order valence-corrected chi connectivity index (χ4v) is 2.53. The number of aliphatic carboxylic acids is 1. The van der Waals surface area contributed by atoms with Crippen LogP contribution in [0.4, 0.5) is 5.69 Å². The van der Waals surface area contributed by atoms with Gasteiger partial charge in [-0.25, -0.2) is 8.42 Å². The first-order valence-electron chi connectivity index (χ1n) is 6.19. The van der Waals surface area contributed by atoms with Crippen molar-refractivity contribution < 1.29 is 18.3 Å². The molecule has 0 saturated carbocycles. The third-order valence-corrected chi connectivity index (χ3v) is 4.55. The average molecular weight is 309 g/mol. The molecule has 1 aromatic carbocycles. The van der Waals surface area contributed by atoms with Gasteiger partial charge in [0, 0.05) is 6.20 Å². The minimum Gasteiger partial charge on any atom is -0.480 e. The quantitative estimate of drug-likeness (QED) is 0.833. The van der Waals surface area contributed by atoms with Crippen LogP contribution in [0.2, 0.25) is 0 Å². The first-order chi connectivity index (χ1) is 9.88. The van der Waals surface area contributed by atoms with Crippen LogP contribution >= 0.6 is 0 Å². The van der Waals surface area contributed by atoms with E-state index in [1.165, 1.54) is 12.4 Å². The fraction of sp³-hybridized carbons (Fsp3) is 0.231. The van der Waals surface area contributed by atoms with Gasteiger partial charge in [-0.05, 0) is 12.5 Å². The number of sulfonamides is 1. The predicted molar refractivity (Wildman–Crippen MR) is 77.4 cm³/mol. The van der Waals surface area contributed by atoms with Crippen LogP contribution in [-0.2, 0) is 21.4 Å². The summed E-state index contributed by atoms with van der Waals surface area (Å²) in [7, 11) is -3.97. The molecule has 1 heterocycles. The Morgan fingerprint density at radius 2 is 2.05 bits per heavy atom. The van der Waals surface area contributed by atoms with Gasteiger partial charge >= 0.3 is 5.97 Å². The van der Waals surface area contributed by atoms with Crippen LogP contribution < -0.4 is 4.72 Å². The van der Waals surface area contributed by atoms with Crippen LogP contribution in [0.1, 0.15) is 12.5 Å². The Morgan fingerprint density at radius 3 is 2.67 bits per heavy atom. The number of rotatable bonds is 6. The third-order valence-electron chi connectivity index (χ3n) is 2.89. The lowest BCUT2D eigenvalue weighted by atomic mass is 10.2. The van der Waals surface area contributed by atoms with Crippen LogP contribution in [0, 0.1) is 0 Å². The molecule has 0 aliphatic carbocycles. The summed E-state index contributed by atoms with van der Waals surface area (Å²) in [4.78, 5) is 10.7. The van der Waals surface area contributed by atoms with E-state index in [1.54, 1.807) is 4.68 Å². The van der Waals surface area contributed by atoms with Crippen molar-refractivity contribution >= 4 is 21.7 Å². The molecule has 8 heteroatoms. The van der Waals surface area contributed by atoms with E-state index in [-0.39, 0.29) is 5.69 Å². The van der Waals surface area contributed by atoms with Gasteiger partial charge in [0.1, 0.15) is 0 Å². The molecule has 0 aliphatic heterocycles. The summed E-state index contributed by atoms with van der Waals surface area (Å²) >= 11 is 0. The van der Waals surface area contributed by atoms with Crippen LogP contribution in [0.5, 0.6) is 0 Å². The van der Waals surface area contributed by atoms with Crippen LogP contribution in [0.15, 0.2) is 42.7 Å². The standard InChI is InChI=1S/C13H15N3O4S/c1-10(13(17)18)21(19,20)15-12-7-14-16(9-12)8-11-5-3-2-4-6-11/h2-7,9-10,15H,8H2,1H3,(H,17,18). The maximum Gasteiger partial charge on any atom is 0.323 e. The number of hydrogen-bond acceptors (Lipinski definition) is 4. The highest BCUT2D eigenvalue weighted by atomic mass is 32.2. The SMILES string of the molecule is CC(C(=O)O)S(=O)(=O)Nc1cnn(Cc2ccccc2)c1. The first kappa shape index (κ1) is 15.0. The lowest BCUT2D eigenvalue weighted by Gasteiger charge is -2.09. The first-order valence-corrected chi connectivity index (χ1v) is 7.74. The Kier molecular flexibility index (Phi) is 4.27. The smallest absolute Gasteiger partial charge is 0.323 e. The molecule has 0 spiro atoms. The molecule has 2 N–H and O–H groups in total. The zero-order chi connectivity index (χ0) is 15.5. The van der Waals surface area contributed by atoms with E-state index >= 15 is 0 Å². The lowest BCUT2D eigenvalue weighted by Crippen LogP contribution is -2.31. The van der Waals surface area contributed by atoms with Crippen molar-refractivity contribution in [3.05, 3.63) is 48.3 Å². The molecular formula is C13H15N3O4S. The zero-order valence-electron chi connectivity index (χ0n) is 11.3. The van der Waals surface area contributed by atoms with E-state index in [0.717, 1.165) is 12.5 Å². The molecule has 1 aromatic heterocycles. The Bertz CT molecular complexity index is 725. The number of nitrogens with zero attached hydrogens (tertiary/aromatic N) is 2. The maximum atomic E-state index is 11.8.